The number of aliphatic hydroxyl groups excluding tert-OH is 1. The molecule has 0 spiro atoms. The van der Waals surface area contributed by atoms with Gasteiger partial charge < -0.3 is 15.0 Å². The Hall–Kier alpha value is -1.85. The fraction of sp³-hybridized carbons (Fsp3) is 0.550. The van der Waals surface area contributed by atoms with Gasteiger partial charge >= 0.3 is 0 Å². The molecule has 2 N–H and O–H groups in total. The van der Waals surface area contributed by atoms with Crippen LogP contribution in [0.15, 0.2) is 36.7 Å². The summed E-state index contributed by atoms with van der Waals surface area (Å²) in [5.74, 6) is 1.55. The van der Waals surface area contributed by atoms with E-state index in [9.17, 15) is 5.11 Å². The van der Waals surface area contributed by atoms with Gasteiger partial charge in [-0.05, 0) is 57.3 Å². The van der Waals surface area contributed by atoms with Crippen molar-refractivity contribution in [1.82, 2.24) is 14.5 Å². The number of likely N-dealkylation sites (tertiary alicyclic amines) is 1. The second kappa shape index (κ2) is 8.50. The molecule has 1 fully saturated rings. The summed E-state index contributed by atoms with van der Waals surface area (Å²) in [5, 5.41) is 12.9. The van der Waals surface area contributed by atoms with Gasteiger partial charge in [-0.2, -0.15) is 0 Å². The highest BCUT2D eigenvalue weighted by Crippen LogP contribution is 2.22. The van der Waals surface area contributed by atoms with Crippen molar-refractivity contribution in [2.75, 3.05) is 25.0 Å². The number of hydrogen-bond acceptors (Lipinski definition) is 4. The number of aromatic nitrogens is 2. The van der Waals surface area contributed by atoms with Crippen LogP contribution in [0.25, 0.3) is 0 Å². The third kappa shape index (κ3) is 4.61. The molecule has 0 radical (unpaired) electrons. The number of nitrogens with zero attached hydrogens (tertiary/aromatic N) is 3. The first kappa shape index (κ1) is 18.0. The lowest BCUT2D eigenvalue weighted by molar-refractivity contribution is 0.127. The molecule has 0 bridgehead atoms. The standard InChI is InChI=1S/C20H30N4O/c1-16(2)24-12-9-21-20(24)13-22-19-6-4-3-5-18(19)14-23-10-7-17(15-25)8-11-23/h3-6,9,12,16-17,22,25H,7-8,10-11,13-15H2,1-2H3. The summed E-state index contributed by atoms with van der Waals surface area (Å²) in [4.78, 5) is 6.97. The molecule has 2 heterocycles. The zero-order chi connectivity index (χ0) is 17.6. The van der Waals surface area contributed by atoms with E-state index in [0.29, 0.717) is 18.6 Å². The summed E-state index contributed by atoms with van der Waals surface area (Å²) in [6.45, 7) is 8.50. The van der Waals surface area contributed by atoms with Gasteiger partial charge in [-0.15, -0.1) is 0 Å². The Balaban J connectivity index is 1.62. The van der Waals surface area contributed by atoms with E-state index in [1.165, 1.54) is 11.3 Å². The summed E-state index contributed by atoms with van der Waals surface area (Å²) in [7, 11) is 0. The lowest BCUT2D eigenvalue weighted by Gasteiger charge is -2.31. The van der Waals surface area contributed by atoms with Crippen LogP contribution in [0, 0.1) is 5.92 Å². The van der Waals surface area contributed by atoms with Crippen LogP contribution >= 0.6 is 0 Å². The number of benzene rings is 1. The van der Waals surface area contributed by atoms with Gasteiger partial charge in [0.2, 0.25) is 0 Å². The fourth-order valence-corrected chi connectivity index (χ4v) is 3.52. The van der Waals surface area contributed by atoms with Gasteiger partial charge in [0.25, 0.3) is 0 Å². The molecule has 1 aliphatic heterocycles. The zero-order valence-electron chi connectivity index (χ0n) is 15.4. The number of nitrogens with one attached hydrogen (secondary N) is 1. The molecule has 25 heavy (non-hydrogen) atoms. The van der Waals surface area contributed by atoms with Crippen molar-refractivity contribution in [3.05, 3.63) is 48.0 Å². The number of piperidine rings is 1. The molecule has 2 aromatic rings. The third-order valence-electron chi connectivity index (χ3n) is 5.12. The highest BCUT2D eigenvalue weighted by Gasteiger charge is 2.19. The van der Waals surface area contributed by atoms with Crippen LogP contribution < -0.4 is 5.32 Å². The average molecular weight is 342 g/mol. The first-order valence-corrected chi connectivity index (χ1v) is 9.34. The lowest BCUT2D eigenvalue weighted by Crippen LogP contribution is -2.34. The quantitative estimate of drug-likeness (QED) is 0.811. The van der Waals surface area contributed by atoms with E-state index >= 15 is 0 Å². The maximum atomic E-state index is 9.30. The van der Waals surface area contributed by atoms with Gasteiger partial charge in [0, 0.05) is 37.3 Å². The summed E-state index contributed by atoms with van der Waals surface area (Å²) in [6, 6.07) is 8.96. The summed E-state index contributed by atoms with van der Waals surface area (Å²) < 4.78 is 2.20. The molecule has 136 valence electrons. The van der Waals surface area contributed by atoms with Gasteiger partial charge in [-0.1, -0.05) is 18.2 Å². The second-order valence-corrected chi connectivity index (χ2v) is 7.26. The molecule has 1 aliphatic rings. The highest BCUT2D eigenvalue weighted by molar-refractivity contribution is 5.51. The highest BCUT2D eigenvalue weighted by atomic mass is 16.3. The minimum Gasteiger partial charge on any atom is -0.396 e. The van der Waals surface area contributed by atoms with E-state index < -0.39 is 0 Å². The molecule has 0 amide bonds. The number of aliphatic hydroxyl groups is 1. The lowest BCUT2D eigenvalue weighted by atomic mass is 9.97. The van der Waals surface area contributed by atoms with E-state index in [1.807, 2.05) is 12.4 Å². The molecule has 1 aromatic heterocycles. The molecule has 3 rings (SSSR count). The Morgan fingerprint density at radius 3 is 2.72 bits per heavy atom. The Morgan fingerprint density at radius 1 is 1.24 bits per heavy atom. The maximum absolute atomic E-state index is 9.30. The Morgan fingerprint density at radius 2 is 2.00 bits per heavy atom. The molecule has 5 heteroatoms. The fourth-order valence-electron chi connectivity index (χ4n) is 3.52. The molecule has 1 aromatic carbocycles. The van der Waals surface area contributed by atoms with Crippen LogP contribution in [0.1, 0.15) is 44.1 Å². The minimum absolute atomic E-state index is 0.328. The Kier molecular flexibility index (Phi) is 6.10. The SMILES string of the molecule is CC(C)n1ccnc1CNc1ccccc1CN1CCC(CO)CC1. The van der Waals surface area contributed by atoms with Gasteiger partial charge in [0.1, 0.15) is 5.82 Å². The van der Waals surface area contributed by atoms with Crippen LogP contribution in [0.3, 0.4) is 0 Å². The van der Waals surface area contributed by atoms with E-state index in [2.05, 4.69) is 57.9 Å². The van der Waals surface area contributed by atoms with Crippen molar-refractivity contribution in [2.45, 2.75) is 45.8 Å². The van der Waals surface area contributed by atoms with Crippen LogP contribution in [0.2, 0.25) is 0 Å². The summed E-state index contributed by atoms with van der Waals surface area (Å²) in [6.07, 6.45) is 6.10. The van der Waals surface area contributed by atoms with Gasteiger partial charge in [0.05, 0.1) is 6.54 Å². The normalized spacial score (nSPS) is 16.5. The summed E-state index contributed by atoms with van der Waals surface area (Å²) in [5.41, 5.74) is 2.51. The largest absolute Gasteiger partial charge is 0.396 e. The molecule has 0 atom stereocenters. The van der Waals surface area contributed by atoms with E-state index in [4.69, 9.17) is 0 Å². The predicted molar refractivity (Wildman–Crippen MR) is 101 cm³/mol. The maximum Gasteiger partial charge on any atom is 0.128 e. The Bertz CT molecular complexity index is 659. The van der Waals surface area contributed by atoms with Crippen LogP contribution in [-0.4, -0.2) is 39.3 Å². The molecule has 0 unspecified atom stereocenters. The monoisotopic (exact) mass is 342 g/mol. The average Bonchev–Trinajstić information content (AvgIpc) is 3.10. The first-order valence-electron chi connectivity index (χ1n) is 9.34. The number of anilines is 1. The van der Waals surface area contributed by atoms with Crippen molar-refractivity contribution in [1.29, 1.82) is 0 Å². The Labute approximate surface area is 150 Å². The van der Waals surface area contributed by atoms with E-state index in [1.54, 1.807) is 0 Å². The van der Waals surface area contributed by atoms with Gasteiger partial charge in [0.15, 0.2) is 0 Å². The van der Waals surface area contributed by atoms with Crippen LogP contribution in [-0.2, 0) is 13.1 Å². The molecule has 0 saturated carbocycles. The topological polar surface area (TPSA) is 53.3 Å². The van der Waals surface area contributed by atoms with Gasteiger partial charge in [-0.3, -0.25) is 4.90 Å². The number of para-hydroxylation sites is 1. The van der Waals surface area contributed by atoms with E-state index in [0.717, 1.165) is 44.8 Å². The minimum atomic E-state index is 0.328. The number of hydrogen-bond donors (Lipinski definition) is 2. The van der Waals surface area contributed by atoms with Crippen molar-refractivity contribution in [3.8, 4) is 0 Å². The molecule has 1 saturated heterocycles. The third-order valence-corrected chi connectivity index (χ3v) is 5.12. The van der Waals surface area contributed by atoms with Crippen molar-refractivity contribution in [2.24, 2.45) is 5.92 Å². The van der Waals surface area contributed by atoms with Crippen molar-refractivity contribution < 1.29 is 5.11 Å². The zero-order valence-corrected chi connectivity index (χ0v) is 15.4. The smallest absolute Gasteiger partial charge is 0.128 e. The first-order chi connectivity index (χ1) is 12.2. The van der Waals surface area contributed by atoms with Crippen LogP contribution in [0.5, 0.6) is 0 Å². The molecule has 0 aliphatic carbocycles. The molecular formula is C20H30N4O. The number of rotatable bonds is 7. The molecule has 5 nitrogen and oxygen atoms in total. The second-order valence-electron chi connectivity index (χ2n) is 7.26. The molecular weight excluding hydrogens is 312 g/mol. The van der Waals surface area contributed by atoms with E-state index in [-0.39, 0.29) is 0 Å². The predicted octanol–water partition coefficient (Wildman–Crippen LogP) is 3.28. The van der Waals surface area contributed by atoms with Crippen LogP contribution in [0.4, 0.5) is 5.69 Å². The van der Waals surface area contributed by atoms with Gasteiger partial charge in [-0.25, -0.2) is 4.98 Å². The number of imidazole rings is 1. The summed E-state index contributed by atoms with van der Waals surface area (Å²) >= 11 is 0. The van der Waals surface area contributed by atoms with Crippen molar-refractivity contribution >= 4 is 5.69 Å². The van der Waals surface area contributed by atoms with Crippen molar-refractivity contribution in [3.63, 3.8) is 0 Å².